The number of H-pyrrole nitrogens is 1. The van der Waals surface area contributed by atoms with Crippen molar-refractivity contribution >= 4 is 40.0 Å². The number of unbranched alkanes of at least 4 members (excludes halogenated alkanes) is 1. The number of carbonyl (C=O) groups is 3. The van der Waals surface area contributed by atoms with E-state index < -0.39 is 11.5 Å². The van der Waals surface area contributed by atoms with Gasteiger partial charge in [-0.25, -0.2) is 0 Å². The largest absolute Gasteiger partial charge is 0.506 e. The predicted molar refractivity (Wildman–Crippen MR) is 193 cm³/mol. The fourth-order valence-corrected chi connectivity index (χ4v) is 8.41. The van der Waals surface area contributed by atoms with Gasteiger partial charge in [-0.1, -0.05) is 36.4 Å². The Morgan fingerprint density at radius 3 is 2.45 bits per heavy atom. The van der Waals surface area contributed by atoms with E-state index in [2.05, 4.69) is 20.5 Å². The third-order valence-corrected chi connectivity index (χ3v) is 11.6. The number of aromatic amines is 1. The number of hydrogen-bond donors (Lipinski definition) is 5. The molecule has 6 heterocycles. The summed E-state index contributed by atoms with van der Waals surface area (Å²) in [6, 6.07) is 18.9. The van der Waals surface area contributed by atoms with E-state index >= 15 is 0 Å². The molecule has 4 aromatic rings. The number of likely N-dealkylation sites (tertiary alicyclic amines) is 1. The Balaban J connectivity index is 0.859. The number of rotatable bonds is 13. The highest BCUT2D eigenvalue weighted by atomic mass is 32.1. The third kappa shape index (κ3) is 7.29. The fraction of sp³-hybridized carbons (Fsp3) is 0.421. The molecule has 0 saturated carbocycles. The van der Waals surface area contributed by atoms with Gasteiger partial charge in [0.1, 0.15) is 17.3 Å². The summed E-state index contributed by atoms with van der Waals surface area (Å²) < 4.78 is 6.17. The van der Waals surface area contributed by atoms with Gasteiger partial charge in [0.2, 0.25) is 5.56 Å². The van der Waals surface area contributed by atoms with Gasteiger partial charge in [0.25, 0.3) is 11.8 Å². The van der Waals surface area contributed by atoms with E-state index in [1.807, 2.05) is 30.3 Å². The number of nitrogens with one attached hydrogen (secondary N) is 3. The lowest BCUT2D eigenvalue weighted by atomic mass is 9.73. The first-order chi connectivity index (χ1) is 24.7. The van der Waals surface area contributed by atoms with E-state index in [0.717, 1.165) is 55.8 Å². The van der Waals surface area contributed by atoms with Crippen LogP contribution in [0.15, 0.2) is 71.5 Å². The molecule has 4 saturated heterocycles. The fourth-order valence-electron chi connectivity index (χ4n) is 7.52. The quantitative estimate of drug-likeness (QED) is 0.103. The Kier molecular flexibility index (Phi) is 10.2. The maximum Gasteiger partial charge on any atom is 0.320 e. The van der Waals surface area contributed by atoms with E-state index in [0.29, 0.717) is 51.6 Å². The van der Waals surface area contributed by atoms with Gasteiger partial charge in [0.05, 0.1) is 21.4 Å². The van der Waals surface area contributed by atoms with Gasteiger partial charge in [-0.15, -0.1) is 11.3 Å². The van der Waals surface area contributed by atoms with Gasteiger partial charge in [0, 0.05) is 44.2 Å². The number of amides is 2. The second-order valence-electron chi connectivity index (χ2n) is 13.8. The molecule has 0 aliphatic carbocycles. The molecule has 2 aromatic carbocycles. The van der Waals surface area contributed by atoms with E-state index in [1.54, 1.807) is 29.2 Å². The lowest BCUT2D eigenvalue weighted by Gasteiger charge is -2.50. The Morgan fingerprint density at radius 1 is 0.961 bits per heavy atom. The predicted octanol–water partition coefficient (Wildman–Crippen LogP) is 3.16. The van der Waals surface area contributed by atoms with Crippen molar-refractivity contribution < 1.29 is 29.3 Å². The molecule has 5 N–H and O–H groups in total. The molecule has 268 valence electrons. The molecular formula is C38H43N5O7S. The van der Waals surface area contributed by atoms with Crippen molar-refractivity contribution in [2.24, 2.45) is 5.92 Å². The maximum absolute atomic E-state index is 13.8. The van der Waals surface area contributed by atoms with Gasteiger partial charge in [-0.2, -0.15) is 0 Å². The molecule has 8 rings (SSSR count). The van der Waals surface area contributed by atoms with Crippen LogP contribution in [-0.2, 0) is 14.9 Å². The summed E-state index contributed by atoms with van der Waals surface area (Å²) >= 11 is 1.14. The van der Waals surface area contributed by atoms with Crippen molar-refractivity contribution in [3.63, 3.8) is 0 Å². The first kappa shape index (κ1) is 34.9. The summed E-state index contributed by atoms with van der Waals surface area (Å²) in [6.45, 7) is 4.70. The van der Waals surface area contributed by atoms with Crippen LogP contribution in [0.1, 0.15) is 62.3 Å². The van der Waals surface area contributed by atoms with Crippen LogP contribution in [0.2, 0.25) is 0 Å². The molecule has 51 heavy (non-hydrogen) atoms. The number of piperidine rings is 3. The summed E-state index contributed by atoms with van der Waals surface area (Å²) in [7, 11) is 0. The number of fused-ring (bicyclic) bond motifs is 4. The molecule has 12 nitrogen and oxygen atoms in total. The van der Waals surface area contributed by atoms with Crippen molar-refractivity contribution in [3.8, 4) is 5.75 Å². The lowest BCUT2D eigenvalue weighted by molar-refractivity contribution is -0.171. The second kappa shape index (κ2) is 15.0. The topological polar surface area (TPSA) is 164 Å². The smallest absolute Gasteiger partial charge is 0.320 e. The van der Waals surface area contributed by atoms with Gasteiger partial charge in [-0.3, -0.25) is 24.1 Å². The molecule has 0 radical (unpaired) electrons. The number of aromatic hydroxyl groups is 1. The average molecular weight is 714 g/mol. The number of nitrogens with zero attached hydrogens (tertiary/aromatic N) is 2. The van der Waals surface area contributed by atoms with E-state index in [9.17, 15) is 29.4 Å². The number of thiophene rings is 1. The Morgan fingerprint density at radius 2 is 1.71 bits per heavy atom. The summed E-state index contributed by atoms with van der Waals surface area (Å²) in [5.41, 5.74) is 0.495. The first-order valence-corrected chi connectivity index (χ1v) is 18.4. The Labute approximate surface area is 299 Å². The first-order valence-electron chi connectivity index (χ1n) is 17.6. The highest BCUT2D eigenvalue weighted by Crippen LogP contribution is 2.39. The van der Waals surface area contributed by atoms with Gasteiger partial charge >= 0.3 is 5.97 Å². The van der Waals surface area contributed by atoms with E-state index in [1.165, 1.54) is 12.1 Å². The number of pyridine rings is 1. The van der Waals surface area contributed by atoms with Crippen molar-refractivity contribution in [2.75, 3.05) is 52.4 Å². The zero-order valence-corrected chi connectivity index (χ0v) is 29.1. The molecule has 4 fully saturated rings. The maximum atomic E-state index is 13.8. The van der Waals surface area contributed by atoms with Crippen LogP contribution >= 0.6 is 11.3 Å². The number of hydrogen-bond acceptors (Lipinski definition) is 10. The average Bonchev–Trinajstić information content (AvgIpc) is 3.63. The van der Waals surface area contributed by atoms with Crippen LogP contribution in [0.25, 0.3) is 10.9 Å². The molecule has 0 unspecified atom stereocenters. The van der Waals surface area contributed by atoms with Gasteiger partial charge < -0.3 is 35.5 Å². The van der Waals surface area contributed by atoms with E-state index in [4.69, 9.17) is 4.74 Å². The van der Waals surface area contributed by atoms with E-state index in [-0.39, 0.29) is 54.8 Å². The van der Waals surface area contributed by atoms with Crippen molar-refractivity contribution in [1.29, 1.82) is 0 Å². The number of esters is 1. The monoisotopic (exact) mass is 713 g/mol. The molecular weight excluding hydrogens is 671 g/mol. The number of aromatic nitrogens is 1. The number of aliphatic hydroxyl groups excluding tert-OH is 1. The zero-order valence-electron chi connectivity index (χ0n) is 28.3. The zero-order chi connectivity index (χ0) is 35.5. The van der Waals surface area contributed by atoms with Crippen molar-refractivity contribution in [1.82, 2.24) is 25.4 Å². The SMILES string of the molecule is O=C(NCCCCNC[C@H](O)c1ccc(O)c2[nH]c(=O)ccc12)c1ccc(C(=O)N2CC(C(=O)O[C@H]3CN4CCC3CC4)(c3ccccc3)C2)s1. The minimum absolute atomic E-state index is 0.0569. The highest BCUT2D eigenvalue weighted by molar-refractivity contribution is 7.15. The molecule has 13 heteroatoms. The number of carbonyl (C=O) groups excluding carboxylic acids is 3. The Hall–Kier alpha value is -4.56. The number of aliphatic hydroxyl groups is 1. The molecule has 4 aliphatic heterocycles. The number of ether oxygens (including phenoxy) is 1. The van der Waals surface area contributed by atoms with Crippen LogP contribution in [-0.4, -0.2) is 101 Å². The van der Waals surface area contributed by atoms with Gasteiger partial charge in [0.15, 0.2) is 0 Å². The van der Waals surface area contributed by atoms with Crippen LogP contribution in [0.3, 0.4) is 0 Å². The van der Waals surface area contributed by atoms with Crippen LogP contribution < -0.4 is 16.2 Å². The molecule has 2 amide bonds. The van der Waals surface area contributed by atoms with Crippen molar-refractivity contribution in [2.45, 2.75) is 43.3 Å². The molecule has 4 aliphatic rings. The minimum Gasteiger partial charge on any atom is -0.506 e. The van der Waals surface area contributed by atoms with Crippen LogP contribution in [0.5, 0.6) is 5.75 Å². The molecule has 2 aromatic heterocycles. The molecule has 2 bridgehead atoms. The second-order valence-corrected chi connectivity index (χ2v) is 14.9. The normalized spacial score (nSPS) is 21.2. The summed E-state index contributed by atoms with van der Waals surface area (Å²) in [5, 5.41) is 27.5. The third-order valence-electron chi connectivity index (χ3n) is 10.5. The number of phenolic OH excluding ortho intramolecular Hbond substituents is 1. The highest BCUT2D eigenvalue weighted by Gasteiger charge is 2.55. The number of phenols is 1. The standard InChI is InChI=1S/C38H43N5O7S/c44-28-10-8-26(27-9-13-33(46)41-34(27)28)29(45)20-39-16-4-5-17-40-35(47)31-11-12-32(51-31)36(48)43-22-38(23-43,25-6-2-1-3-7-25)37(49)50-30-21-42-18-14-24(30)15-19-42/h1-3,6-13,24,29-30,39,44-45H,4-5,14-23H2,(H,40,47)(H,41,46)/t29-,30-/m0/s1. The number of benzene rings is 2. The minimum atomic E-state index is -0.908. The summed E-state index contributed by atoms with van der Waals surface area (Å²) in [5.74, 6) is -0.381. The summed E-state index contributed by atoms with van der Waals surface area (Å²) in [4.78, 5) is 59.3. The van der Waals surface area contributed by atoms with Crippen LogP contribution in [0, 0.1) is 5.92 Å². The van der Waals surface area contributed by atoms with Crippen LogP contribution in [0.4, 0.5) is 0 Å². The lowest BCUT2D eigenvalue weighted by Crippen LogP contribution is -2.66. The van der Waals surface area contributed by atoms with Gasteiger partial charge in [-0.05, 0) is 86.6 Å². The molecule has 0 spiro atoms. The summed E-state index contributed by atoms with van der Waals surface area (Å²) in [6.07, 6.45) is 2.60. The Bertz CT molecular complexity index is 1950. The molecule has 2 atom stereocenters. The van der Waals surface area contributed by atoms with Crippen molar-refractivity contribution in [3.05, 3.63) is 98.0 Å².